The van der Waals surface area contributed by atoms with E-state index in [1.54, 1.807) is 18.2 Å². The molecule has 0 aromatic heterocycles. The van der Waals surface area contributed by atoms with E-state index in [9.17, 15) is 18.4 Å². The molecule has 1 fully saturated rings. The van der Waals surface area contributed by atoms with Crippen LogP contribution in [0.1, 0.15) is 31.2 Å². The lowest BCUT2D eigenvalue weighted by atomic mass is 9.78. The first kappa shape index (κ1) is 18.0. The molecule has 136 valence electrons. The van der Waals surface area contributed by atoms with Gasteiger partial charge >= 0.3 is 5.97 Å². The molecule has 2 aromatic carbocycles. The van der Waals surface area contributed by atoms with Gasteiger partial charge in [0, 0.05) is 11.3 Å². The van der Waals surface area contributed by atoms with Crippen molar-refractivity contribution in [2.45, 2.75) is 31.1 Å². The molecule has 0 aliphatic heterocycles. The van der Waals surface area contributed by atoms with Gasteiger partial charge in [-0.3, -0.25) is 9.59 Å². The molecule has 6 heteroatoms. The van der Waals surface area contributed by atoms with Crippen LogP contribution in [-0.4, -0.2) is 18.5 Å². The highest BCUT2D eigenvalue weighted by Gasteiger charge is 2.45. The van der Waals surface area contributed by atoms with E-state index in [0.717, 1.165) is 18.9 Å². The van der Waals surface area contributed by atoms with Crippen LogP contribution in [0.4, 0.5) is 14.5 Å². The van der Waals surface area contributed by atoms with Crippen LogP contribution in [-0.2, 0) is 19.7 Å². The minimum atomic E-state index is -1.05. The number of hydrogen-bond donors (Lipinski definition) is 1. The van der Waals surface area contributed by atoms with Crippen molar-refractivity contribution >= 4 is 17.6 Å². The van der Waals surface area contributed by atoms with Crippen molar-refractivity contribution in [3.63, 3.8) is 0 Å². The molecule has 0 radical (unpaired) electrons. The first-order valence-corrected chi connectivity index (χ1v) is 8.49. The SMILES string of the molecule is O=C(COC(=O)C1(c2ccccc2F)CCCC1)Nc1cccc(F)c1. The highest BCUT2D eigenvalue weighted by atomic mass is 19.1. The Hall–Kier alpha value is -2.76. The summed E-state index contributed by atoms with van der Waals surface area (Å²) in [5.74, 6) is -2.11. The average Bonchev–Trinajstić information content (AvgIpc) is 3.11. The molecule has 1 aliphatic carbocycles. The summed E-state index contributed by atoms with van der Waals surface area (Å²) in [5.41, 5.74) is -0.464. The molecular formula is C20H19F2NO3. The molecule has 0 atom stereocenters. The molecule has 1 amide bonds. The number of carbonyl (C=O) groups is 2. The van der Waals surface area contributed by atoms with Gasteiger partial charge in [-0.2, -0.15) is 0 Å². The summed E-state index contributed by atoms with van der Waals surface area (Å²) in [7, 11) is 0. The van der Waals surface area contributed by atoms with Gasteiger partial charge < -0.3 is 10.1 Å². The lowest BCUT2D eigenvalue weighted by Gasteiger charge is -2.27. The van der Waals surface area contributed by atoms with E-state index in [2.05, 4.69) is 5.32 Å². The number of ether oxygens (including phenoxy) is 1. The number of rotatable bonds is 5. The summed E-state index contributed by atoms with van der Waals surface area (Å²) in [5, 5.41) is 2.46. The van der Waals surface area contributed by atoms with E-state index in [1.165, 1.54) is 24.3 Å². The number of anilines is 1. The minimum absolute atomic E-state index is 0.274. The number of halogens is 2. The van der Waals surface area contributed by atoms with Crippen LogP contribution in [0, 0.1) is 11.6 Å². The summed E-state index contributed by atoms with van der Waals surface area (Å²) < 4.78 is 32.6. The van der Waals surface area contributed by atoms with Crippen molar-refractivity contribution in [3.05, 3.63) is 65.7 Å². The number of benzene rings is 2. The third-order valence-corrected chi connectivity index (χ3v) is 4.68. The van der Waals surface area contributed by atoms with Crippen molar-refractivity contribution in [2.75, 3.05) is 11.9 Å². The predicted octanol–water partition coefficient (Wildman–Crippen LogP) is 3.96. The highest BCUT2D eigenvalue weighted by molar-refractivity contribution is 5.93. The summed E-state index contributed by atoms with van der Waals surface area (Å²) in [6.07, 6.45) is 2.55. The molecule has 3 rings (SSSR count). The number of carbonyl (C=O) groups excluding carboxylic acids is 2. The van der Waals surface area contributed by atoms with E-state index in [1.807, 2.05) is 0 Å². The van der Waals surface area contributed by atoms with E-state index >= 15 is 0 Å². The van der Waals surface area contributed by atoms with Crippen LogP contribution in [0.25, 0.3) is 0 Å². The Bertz CT molecular complexity index is 816. The van der Waals surface area contributed by atoms with Crippen molar-refractivity contribution in [1.29, 1.82) is 0 Å². The fourth-order valence-corrected chi connectivity index (χ4v) is 3.44. The molecule has 1 aliphatic rings. The Morgan fingerprint density at radius 2 is 1.77 bits per heavy atom. The van der Waals surface area contributed by atoms with Crippen LogP contribution in [0.15, 0.2) is 48.5 Å². The molecule has 0 unspecified atom stereocenters. The topological polar surface area (TPSA) is 55.4 Å². The maximum absolute atomic E-state index is 14.2. The molecule has 0 bridgehead atoms. The number of amides is 1. The second-order valence-corrected chi connectivity index (χ2v) is 6.40. The van der Waals surface area contributed by atoms with Crippen LogP contribution in [0.3, 0.4) is 0 Å². The maximum atomic E-state index is 14.2. The maximum Gasteiger partial charge on any atom is 0.317 e. The summed E-state index contributed by atoms with van der Waals surface area (Å²) in [6.45, 7) is -0.508. The summed E-state index contributed by atoms with van der Waals surface area (Å²) in [4.78, 5) is 24.7. The highest BCUT2D eigenvalue weighted by Crippen LogP contribution is 2.43. The van der Waals surface area contributed by atoms with E-state index < -0.39 is 35.5 Å². The van der Waals surface area contributed by atoms with Crippen LogP contribution < -0.4 is 5.32 Å². The van der Waals surface area contributed by atoms with Gasteiger partial charge in [0.15, 0.2) is 6.61 Å². The zero-order valence-corrected chi connectivity index (χ0v) is 14.1. The van der Waals surface area contributed by atoms with E-state index in [0.29, 0.717) is 18.4 Å². The largest absolute Gasteiger partial charge is 0.455 e. The number of hydrogen-bond acceptors (Lipinski definition) is 3. The molecule has 26 heavy (non-hydrogen) atoms. The van der Waals surface area contributed by atoms with Crippen molar-refractivity contribution < 1.29 is 23.1 Å². The molecule has 1 N–H and O–H groups in total. The van der Waals surface area contributed by atoms with Crippen molar-refractivity contribution in [3.8, 4) is 0 Å². The second kappa shape index (κ2) is 7.64. The van der Waals surface area contributed by atoms with Gasteiger partial charge in [0.05, 0.1) is 5.41 Å². The Morgan fingerprint density at radius 3 is 2.46 bits per heavy atom. The molecular weight excluding hydrogens is 340 g/mol. The van der Waals surface area contributed by atoms with E-state index in [4.69, 9.17) is 4.74 Å². The predicted molar refractivity (Wildman–Crippen MR) is 92.5 cm³/mol. The standard InChI is InChI=1S/C20H19F2NO3/c21-14-6-5-7-15(12-14)23-18(24)13-26-19(25)20(10-3-4-11-20)16-8-1-2-9-17(16)22/h1-2,5-9,12H,3-4,10-11,13H2,(H,23,24). The second-order valence-electron chi connectivity index (χ2n) is 6.40. The normalized spacial score (nSPS) is 15.5. The quantitative estimate of drug-likeness (QED) is 0.822. The molecule has 0 saturated heterocycles. The fraction of sp³-hybridized carbons (Fsp3) is 0.300. The van der Waals surface area contributed by atoms with Gasteiger partial charge in [-0.15, -0.1) is 0 Å². The molecule has 2 aromatic rings. The molecule has 0 heterocycles. The van der Waals surface area contributed by atoms with Crippen LogP contribution in [0.5, 0.6) is 0 Å². The van der Waals surface area contributed by atoms with Gasteiger partial charge in [0.1, 0.15) is 11.6 Å². The summed E-state index contributed by atoms with van der Waals surface area (Å²) in [6, 6.07) is 11.6. The number of esters is 1. The van der Waals surface area contributed by atoms with Gasteiger partial charge in [0.25, 0.3) is 5.91 Å². The lowest BCUT2D eigenvalue weighted by molar-refractivity contribution is -0.153. The Morgan fingerprint density at radius 1 is 1.04 bits per heavy atom. The van der Waals surface area contributed by atoms with Crippen molar-refractivity contribution in [2.24, 2.45) is 0 Å². The van der Waals surface area contributed by atoms with E-state index in [-0.39, 0.29) is 5.69 Å². The van der Waals surface area contributed by atoms with Gasteiger partial charge in [-0.25, -0.2) is 8.78 Å². The van der Waals surface area contributed by atoms with Gasteiger partial charge in [-0.1, -0.05) is 37.1 Å². The third kappa shape index (κ3) is 3.74. The molecule has 4 nitrogen and oxygen atoms in total. The fourth-order valence-electron chi connectivity index (χ4n) is 3.44. The Balaban J connectivity index is 1.68. The third-order valence-electron chi connectivity index (χ3n) is 4.68. The average molecular weight is 359 g/mol. The van der Waals surface area contributed by atoms with Crippen LogP contribution in [0.2, 0.25) is 0 Å². The zero-order valence-electron chi connectivity index (χ0n) is 14.1. The first-order chi connectivity index (χ1) is 12.5. The minimum Gasteiger partial charge on any atom is -0.455 e. The number of nitrogens with one attached hydrogen (secondary N) is 1. The Labute approximate surface area is 150 Å². The van der Waals surface area contributed by atoms with Gasteiger partial charge in [-0.05, 0) is 37.1 Å². The van der Waals surface area contributed by atoms with Gasteiger partial charge in [0.2, 0.25) is 0 Å². The smallest absolute Gasteiger partial charge is 0.317 e. The van der Waals surface area contributed by atoms with Crippen LogP contribution >= 0.6 is 0 Å². The Kier molecular flexibility index (Phi) is 5.30. The molecule has 1 saturated carbocycles. The lowest BCUT2D eigenvalue weighted by Crippen LogP contribution is -2.37. The zero-order chi connectivity index (χ0) is 18.6. The van der Waals surface area contributed by atoms with Crippen molar-refractivity contribution in [1.82, 2.24) is 0 Å². The first-order valence-electron chi connectivity index (χ1n) is 8.49. The monoisotopic (exact) mass is 359 g/mol. The summed E-state index contributed by atoms with van der Waals surface area (Å²) >= 11 is 0. The molecule has 0 spiro atoms.